The second-order valence-electron chi connectivity index (χ2n) is 7.61. The lowest BCUT2D eigenvalue weighted by Gasteiger charge is -2.32. The van der Waals surface area contributed by atoms with Gasteiger partial charge in [-0.1, -0.05) is 12.8 Å². The normalized spacial score (nSPS) is 17.7. The molecule has 1 amide bonds. The molecule has 2 aliphatic rings. The van der Waals surface area contributed by atoms with E-state index < -0.39 is 34.6 Å². The zero-order chi connectivity index (χ0) is 23.3. The second kappa shape index (κ2) is 7.57. The maximum absolute atomic E-state index is 14.3. The Bertz CT molecular complexity index is 1220. The zero-order valence-corrected chi connectivity index (χ0v) is 17.2. The average molecular weight is 458 g/mol. The standard InChI is InChI=1S/C22H14F4N4OS/c23-18-10-16(6-4-14(18)12-28)30-20(32)29(19(31)21(30)7-1-2-8-21)15-5-3-13(11-27)17(9-15)22(24,25)26/h3-6,9-10H,1-2,7-8H2. The van der Waals surface area contributed by atoms with Crippen LogP contribution in [0.5, 0.6) is 0 Å². The molecule has 162 valence electrons. The first kappa shape index (κ1) is 21.7. The van der Waals surface area contributed by atoms with E-state index >= 15 is 0 Å². The first-order valence-corrected chi connectivity index (χ1v) is 10.0. The quantitative estimate of drug-likeness (QED) is 0.466. The van der Waals surface area contributed by atoms with Crippen molar-refractivity contribution in [3.63, 3.8) is 0 Å². The van der Waals surface area contributed by atoms with Gasteiger partial charge in [0.15, 0.2) is 5.11 Å². The number of halogens is 4. The second-order valence-corrected chi connectivity index (χ2v) is 7.98. The summed E-state index contributed by atoms with van der Waals surface area (Å²) in [5.74, 6) is -1.29. The molecule has 2 fully saturated rings. The largest absolute Gasteiger partial charge is 0.417 e. The lowest BCUT2D eigenvalue weighted by molar-refractivity contribution is -0.137. The van der Waals surface area contributed by atoms with Gasteiger partial charge >= 0.3 is 6.18 Å². The van der Waals surface area contributed by atoms with Crippen molar-refractivity contribution < 1.29 is 22.4 Å². The highest BCUT2D eigenvalue weighted by Gasteiger charge is 2.57. The van der Waals surface area contributed by atoms with Gasteiger partial charge < -0.3 is 4.90 Å². The SMILES string of the molecule is N#Cc1ccc(N2C(=S)N(c3ccc(C#N)c(C(F)(F)F)c3)C(=O)C23CCCC3)cc1F. The Morgan fingerprint density at radius 1 is 0.969 bits per heavy atom. The summed E-state index contributed by atoms with van der Waals surface area (Å²) in [6.07, 6.45) is -2.62. The Morgan fingerprint density at radius 3 is 2.12 bits per heavy atom. The topological polar surface area (TPSA) is 71.1 Å². The van der Waals surface area contributed by atoms with Gasteiger partial charge in [0, 0.05) is 5.69 Å². The van der Waals surface area contributed by atoms with E-state index in [4.69, 9.17) is 22.7 Å². The van der Waals surface area contributed by atoms with Crippen LogP contribution in [0, 0.1) is 28.5 Å². The molecule has 4 rings (SSSR count). The number of carbonyl (C=O) groups is 1. The van der Waals surface area contributed by atoms with E-state index in [9.17, 15) is 22.4 Å². The van der Waals surface area contributed by atoms with Crippen molar-refractivity contribution in [3.05, 3.63) is 58.9 Å². The highest BCUT2D eigenvalue weighted by molar-refractivity contribution is 7.81. The molecular weight excluding hydrogens is 444 g/mol. The van der Waals surface area contributed by atoms with E-state index in [1.165, 1.54) is 29.2 Å². The molecule has 1 saturated heterocycles. The van der Waals surface area contributed by atoms with Gasteiger partial charge in [-0.05, 0) is 61.5 Å². The highest BCUT2D eigenvalue weighted by Crippen LogP contribution is 2.46. The van der Waals surface area contributed by atoms with Crippen molar-refractivity contribution in [2.75, 3.05) is 9.80 Å². The molecule has 0 aromatic heterocycles. The number of thiocarbonyl (C=S) groups is 1. The summed E-state index contributed by atoms with van der Waals surface area (Å²) < 4.78 is 54.8. The molecule has 0 radical (unpaired) electrons. The molecule has 5 nitrogen and oxygen atoms in total. The highest BCUT2D eigenvalue weighted by atomic mass is 32.1. The van der Waals surface area contributed by atoms with Crippen molar-refractivity contribution in [2.45, 2.75) is 37.4 Å². The zero-order valence-electron chi connectivity index (χ0n) is 16.4. The van der Waals surface area contributed by atoms with E-state index in [0.29, 0.717) is 25.7 Å². The fraction of sp³-hybridized carbons (Fsp3) is 0.273. The van der Waals surface area contributed by atoms with Crippen molar-refractivity contribution in [2.24, 2.45) is 0 Å². The lowest BCUT2D eigenvalue weighted by atomic mass is 9.94. The van der Waals surface area contributed by atoms with Gasteiger partial charge in [-0.25, -0.2) is 4.39 Å². The number of anilines is 2. The Hall–Kier alpha value is -3.50. The molecule has 1 heterocycles. The van der Waals surface area contributed by atoms with Gasteiger partial charge in [0.25, 0.3) is 5.91 Å². The molecule has 0 N–H and O–H groups in total. The number of nitrogens with zero attached hydrogens (tertiary/aromatic N) is 4. The van der Waals surface area contributed by atoms with Crippen LogP contribution in [0.3, 0.4) is 0 Å². The molecule has 1 aliphatic carbocycles. The van der Waals surface area contributed by atoms with Crippen LogP contribution >= 0.6 is 12.2 Å². The van der Waals surface area contributed by atoms with Crippen molar-refractivity contribution in [3.8, 4) is 12.1 Å². The summed E-state index contributed by atoms with van der Waals surface area (Å²) in [5.41, 5.74) is -2.94. The lowest BCUT2D eigenvalue weighted by Crippen LogP contribution is -2.47. The minimum atomic E-state index is -4.80. The van der Waals surface area contributed by atoms with E-state index in [1.54, 1.807) is 6.07 Å². The van der Waals surface area contributed by atoms with Gasteiger partial charge in [-0.15, -0.1) is 0 Å². The van der Waals surface area contributed by atoms with Gasteiger partial charge in [-0.3, -0.25) is 9.69 Å². The Kier molecular flexibility index (Phi) is 5.14. The Morgan fingerprint density at radius 2 is 1.56 bits per heavy atom. The van der Waals surface area contributed by atoms with Crippen molar-refractivity contribution in [1.29, 1.82) is 10.5 Å². The third-order valence-electron chi connectivity index (χ3n) is 5.86. The number of hydrogen-bond acceptors (Lipinski definition) is 4. The molecule has 1 saturated carbocycles. The van der Waals surface area contributed by atoms with Crippen molar-refractivity contribution in [1.82, 2.24) is 0 Å². The van der Waals surface area contributed by atoms with Gasteiger partial charge in [0.1, 0.15) is 17.4 Å². The van der Waals surface area contributed by atoms with E-state index in [-0.39, 0.29) is 22.1 Å². The number of benzene rings is 2. The molecule has 2 aromatic carbocycles. The third-order valence-corrected chi connectivity index (χ3v) is 6.23. The number of carbonyl (C=O) groups excluding carboxylic acids is 1. The average Bonchev–Trinajstić information content (AvgIpc) is 3.31. The van der Waals surface area contributed by atoms with Crippen LogP contribution in [0.15, 0.2) is 36.4 Å². The summed E-state index contributed by atoms with van der Waals surface area (Å²) >= 11 is 5.51. The van der Waals surface area contributed by atoms with Crippen LogP contribution in [0.1, 0.15) is 42.4 Å². The van der Waals surface area contributed by atoms with Crippen LogP contribution in [0.4, 0.5) is 28.9 Å². The molecular formula is C22H14F4N4OS. The first-order chi connectivity index (χ1) is 15.1. The third kappa shape index (κ3) is 3.19. The monoisotopic (exact) mass is 458 g/mol. The summed E-state index contributed by atoms with van der Waals surface area (Å²) in [4.78, 5) is 16.1. The fourth-order valence-corrected chi connectivity index (χ4v) is 4.86. The van der Waals surface area contributed by atoms with E-state index in [1.807, 2.05) is 0 Å². The maximum Gasteiger partial charge on any atom is 0.417 e. The van der Waals surface area contributed by atoms with Crippen LogP contribution < -0.4 is 9.80 Å². The predicted molar refractivity (Wildman–Crippen MR) is 111 cm³/mol. The van der Waals surface area contributed by atoms with Crippen LogP contribution in [-0.4, -0.2) is 16.6 Å². The predicted octanol–water partition coefficient (Wildman–Crippen LogP) is 5.04. The molecule has 32 heavy (non-hydrogen) atoms. The van der Waals surface area contributed by atoms with Gasteiger partial charge in [-0.2, -0.15) is 23.7 Å². The van der Waals surface area contributed by atoms with Gasteiger partial charge in [0.2, 0.25) is 0 Å². The number of amides is 1. The van der Waals surface area contributed by atoms with E-state index in [0.717, 1.165) is 23.1 Å². The number of nitriles is 2. The number of rotatable bonds is 2. The fourth-order valence-electron chi connectivity index (χ4n) is 4.39. The smallest absolute Gasteiger partial charge is 0.303 e. The Labute approximate surface area is 186 Å². The molecule has 0 atom stereocenters. The minimum absolute atomic E-state index is 0.0844. The number of alkyl halides is 3. The molecule has 1 spiro atoms. The first-order valence-electron chi connectivity index (χ1n) is 9.64. The van der Waals surface area contributed by atoms with Crippen molar-refractivity contribution >= 4 is 34.6 Å². The molecule has 1 aliphatic heterocycles. The summed E-state index contributed by atoms with van der Waals surface area (Å²) in [7, 11) is 0. The Balaban J connectivity index is 1.86. The van der Waals surface area contributed by atoms with Crippen LogP contribution in [-0.2, 0) is 11.0 Å². The molecule has 0 unspecified atom stereocenters. The number of hydrogen-bond donors (Lipinski definition) is 0. The summed E-state index contributed by atoms with van der Waals surface area (Å²) in [5, 5.41) is 18.0. The van der Waals surface area contributed by atoms with Crippen LogP contribution in [0.2, 0.25) is 0 Å². The maximum atomic E-state index is 14.3. The van der Waals surface area contributed by atoms with Crippen LogP contribution in [0.25, 0.3) is 0 Å². The van der Waals surface area contributed by atoms with Gasteiger partial charge in [0.05, 0.1) is 28.4 Å². The summed E-state index contributed by atoms with van der Waals surface area (Å²) in [6, 6.07) is 10.0. The molecule has 2 aromatic rings. The minimum Gasteiger partial charge on any atom is -0.303 e. The molecule has 0 bridgehead atoms. The van der Waals surface area contributed by atoms with E-state index in [2.05, 4.69) is 0 Å². The molecule has 10 heteroatoms. The summed E-state index contributed by atoms with van der Waals surface area (Å²) in [6.45, 7) is 0.